The summed E-state index contributed by atoms with van der Waals surface area (Å²) in [5, 5.41) is 12.6. The molecule has 0 aliphatic heterocycles. The number of imidazole rings is 1. The van der Waals surface area contributed by atoms with Gasteiger partial charge in [0, 0.05) is 17.3 Å². The summed E-state index contributed by atoms with van der Waals surface area (Å²) >= 11 is 1.32. The molecule has 0 saturated heterocycles. The molecule has 0 aromatic carbocycles. The quantitative estimate of drug-likeness (QED) is 0.774. The van der Waals surface area contributed by atoms with E-state index in [0.29, 0.717) is 10.0 Å². The summed E-state index contributed by atoms with van der Waals surface area (Å²) in [7, 11) is 0. The zero-order valence-corrected chi connectivity index (χ0v) is 10.2. The molecule has 1 atom stereocenters. The number of hydrogen-bond donors (Lipinski definition) is 3. The Bertz CT molecular complexity index is 520. The van der Waals surface area contributed by atoms with Crippen LogP contribution in [-0.2, 0) is 0 Å². The molecule has 2 aromatic heterocycles. The highest BCUT2D eigenvalue weighted by Gasteiger charge is 2.16. The standard InChI is InChI=1S/C10H12N4O2S/c1-5(8-11-3-4-12-8)13-10-14-7(9(15)16)6(2)17-10/h3-5H,1-2H3,(H,11,12)(H,13,14)(H,15,16). The van der Waals surface area contributed by atoms with Crippen molar-refractivity contribution in [1.82, 2.24) is 15.0 Å². The van der Waals surface area contributed by atoms with Gasteiger partial charge in [-0.1, -0.05) is 0 Å². The molecule has 17 heavy (non-hydrogen) atoms. The van der Waals surface area contributed by atoms with Crippen LogP contribution < -0.4 is 5.32 Å². The van der Waals surface area contributed by atoms with Crippen molar-refractivity contribution in [2.24, 2.45) is 0 Å². The van der Waals surface area contributed by atoms with Crippen molar-refractivity contribution in [2.75, 3.05) is 5.32 Å². The molecule has 6 nitrogen and oxygen atoms in total. The summed E-state index contributed by atoms with van der Waals surface area (Å²) in [6.07, 6.45) is 3.41. The first-order valence-corrected chi connectivity index (χ1v) is 5.86. The fraction of sp³-hybridized carbons (Fsp3) is 0.300. The second-order valence-electron chi connectivity index (χ2n) is 3.57. The van der Waals surface area contributed by atoms with Crippen molar-refractivity contribution in [3.8, 4) is 0 Å². The average molecular weight is 252 g/mol. The summed E-state index contributed by atoms with van der Waals surface area (Å²) < 4.78 is 0. The number of hydrogen-bond acceptors (Lipinski definition) is 5. The lowest BCUT2D eigenvalue weighted by Crippen LogP contribution is -2.08. The first-order chi connectivity index (χ1) is 8.08. The third-order valence-corrected chi connectivity index (χ3v) is 3.17. The fourth-order valence-corrected chi connectivity index (χ4v) is 2.32. The Kier molecular flexibility index (Phi) is 3.10. The predicted octanol–water partition coefficient (Wildman–Crippen LogP) is 2.05. The lowest BCUT2D eigenvalue weighted by molar-refractivity contribution is 0.0690. The zero-order valence-electron chi connectivity index (χ0n) is 9.39. The van der Waals surface area contributed by atoms with Gasteiger partial charge in [-0.15, -0.1) is 11.3 Å². The largest absolute Gasteiger partial charge is 0.476 e. The number of rotatable bonds is 4. The van der Waals surface area contributed by atoms with Gasteiger partial charge in [-0.25, -0.2) is 14.8 Å². The van der Waals surface area contributed by atoms with E-state index in [1.54, 1.807) is 19.3 Å². The molecule has 1 unspecified atom stereocenters. The van der Waals surface area contributed by atoms with Gasteiger partial charge in [0.15, 0.2) is 10.8 Å². The Balaban J connectivity index is 2.14. The molecule has 7 heteroatoms. The van der Waals surface area contributed by atoms with Crippen LogP contribution in [0, 0.1) is 6.92 Å². The van der Waals surface area contributed by atoms with Gasteiger partial charge < -0.3 is 15.4 Å². The molecular formula is C10H12N4O2S. The lowest BCUT2D eigenvalue weighted by atomic mass is 10.3. The van der Waals surface area contributed by atoms with Gasteiger partial charge in [0.05, 0.1) is 6.04 Å². The highest BCUT2D eigenvalue weighted by molar-refractivity contribution is 7.15. The van der Waals surface area contributed by atoms with Gasteiger partial charge in [-0.05, 0) is 13.8 Å². The van der Waals surface area contributed by atoms with Crippen LogP contribution in [0.15, 0.2) is 12.4 Å². The Morgan fingerprint density at radius 1 is 1.65 bits per heavy atom. The summed E-state index contributed by atoms with van der Waals surface area (Å²) in [6, 6.07) is -0.0443. The van der Waals surface area contributed by atoms with Crippen LogP contribution in [0.3, 0.4) is 0 Å². The summed E-state index contributed by atoms with van der Waals surface area (Å²) in [5.74, 6) is -0.216. The molecule has 0 aliphatic rings. The van der Waals surface area contributed by atoms with Gasteiger partial charge in [-0.3, -0.25) is 0 Å². The predicted molar refractivity (Wildman–Crippen MR) is 64.4 cm³/mol. The number of aromatic carboxylic acids is 1. The maximum absolute atomic E-state index is 10.8. The molecule has 0 fully saturated rings. The third kappa shape index (κ3) is 2.44. The molecule has 3 N–H and O–H groups in total. The number of carbonyl (C=O) groups is 1. The number of carboxylic acids is 1. The molecule has 0 aliphatic carbocycles. The molecule has 0 amide bonds. The minimum atomic E-state index is -1.00. The second kappa shape index (κ2) is 4.54. The van der Waals surface area contributed by atoms with E-state index in [4.69, 9.17) is 5.11 Å². The Morgan fingerprint density at radius 2 is 2.41 bits per heavy atom. The molecule has 0 saturated carbocycles. The minimum absolute atomic E-state index is 0.0443. The van der Waals surface area contributed by atoms with E-state index in [9.17, 15) is 4.79 Å². The Hall–Kier alpha value is -1.89. The van der Waals surface area contributed by atoms with Crippen molar-refractivity contribution in [2.45, 2.75) is 19.9 Å². The van der Waals surface area contributed by atoms with Crippen LogP contribution in [0.1, 0.15) is 34.2 Å². The van der Waals surface area contributed by atoms with Gasteiger partial charge in [0.2, 0.25) is 0 Å². The van der Waals surface area contributed by atoms with Crippen LogP contribution in [0.2, 0.25) is 0 Å². The maximum Gasteiger partial charge on any atom is 0.355 e. The number of anilines is 1. The van der Waals surface area contributed by atoms with E-state index >= 15 is 0 Å². The zero-order chi connectivity index (χ0) is 12.4. The van der Waals surface area contributed by atoms with E-state index in [-0.39, 0.29) is 11.7 Å². The smallest absolute Gasteiger partial charge is 0.355 e. The molecule has 2 heterocycles. The number of H-pyrrole nitrogens is 1. The van der Waals surface area contributed by atoms with Crippen molar-refractivity contribution < 1.29 is 9.90 Å². The van der Waals surface area contributed by atoms with Crippen LogP contribution in [-0.4, -0.2) is 26.0 Å². The van der Waals surface area contributed by atoms with Gasteiger partial charge in [0.25, 0.3) is 0 Å². The van der Waals surface area contributed by atoms with Crippen LogP contribution in [0.25, 0.3) is 0 Å². The first-order valence-electron chi connectivity index (χ1n) is 5.04. The number of aromatic nitrogens is 3. The highest BCUT2D eigenvalue weighted by atomic mass is 32.1. The summed E-state index contributed by atoms with van der Waals surface area (Å²) in [5.41, 5.74) is 0.101. The van der Waals surface area contributed by atoms with E-state index in [0.717, 1.165) is 5.82 Å². The monoisotopic (exact) mass is 252 g/mol. The normalized spacial score (nSPS) is 12.4. The first kappa shape index (κ1) is 11.6. The number of carboxylic acid groups (broad SMARTS) is 1. The number of thiazole rings is 1. The average Bonchev–Trinajstić information content (AvgIpc) is 2.86. The van der Waals surface area contributed by atoms with E-state index in [1.807, 2.05) is 6.92 Å². The van der Waals surface area contributed by atoms with Crippen LogP contribution in [0.5, 0.6) is 0 Å². The van der Waals surface area contributed by atoms with Gasteiger partial charge in [0.1, 0.15) is 5.82 Å². The van der Waals surface area contributed by atoms with Crippen molar-refractivity contribution in [3.05, 3.63) is 28.8 Å². The number of nitrogens with one attached hydrogen (secondary N) is 2. The minimum Gasteiger partial charge on any atom is -0.476 e. The van der Waals surface area contributed by atoms with Crippen molar-refractivity contribution in [1.29, 1.82) is 0 Å². The summed E-state index contributed by atoms with van der Waals surface area (Å²) in [4.78, 5) is 22.7. The Morgan fingerprint density at radius 3 is 2.94 bits per heavy atom. The molecule has 90 valence electrons. The van der Waals surface area contributed by atoms with E-state index in [2.05, 4.69) is 20.3 Å². The number of aryl methyl sites for hydroxylation is 1. The molecular weight excluding hydrogens is 240 g/mol. The topological polar surface area (TPSA) is 90.9 Å². The molecule has 2 rings (SSSR count). The Labute approximate surface area is 102 Å². The maximum atomic E-state index is 10.8. The van der Waals surface area contributed by atoms with E-state index < -0.39 is 5.97 Å². The third-order valence-electron chi connectivity index (χ3n) is 2.27. The SMILES string of the molecule is Cc1sc(NC(C)c2ncc[nH]2)nc1C(=O)O. The molecule has 0 spiro atoms. The van der Waals surface area contributed by atoms with Gasteiger partial charge >= 0.3 is 5.97 Å². The van der Waals surface area contributed by atoms with Gasteiger partial charge in [-0.2, -0.15) is 0 Å². The van der Waals surface area contributed by atoms with E-state index in [1.165, 1.54) is 11.3 Å². The van der Waals surface area contributed by atoms with Crippen LogP contribution in [0.4, 0.5) is 5.13 Å². The number of aromatic amines is 1. The van der Waals surface area contributed by atoms with Crippen LogP contribution >= 0.6 is 11.3 Å². The lowest BCUT2D eigenvalue weighted by Gasteiger charge is -2.09. The fourth-order valence-electron chi connectivity index (χ4n) is 1.42. The highest BCUT2D eigenvalue weighted by Crippen LogP contribution is 2.25. The second-order valence-corrected chi connectivity index (χ2v) is 4.77. The molecule has 0 radical (unpaired) electrons. The number of nitrogens with zero attached hydrogens (tertiary/aromatic N) is 2. The summed E-state index contributed by atoms with van der Waals surface area (Å²) in [6.45, 7) is 3.67. The van der Waals surface area contributed by atoms with Crippen molar-refractivity contribution in [3.63, 3.8) is 0 Å². The molecule has 2 aromatic rings. The van der Waals surface area contributed by atoms with Crippen molar-refractivity contribution >= 4 is 22.4 Å². The molecule has 0 bridgehead atoms.